The highest BCUT2D eigenvalue weighted by Gasteiger charge is 2.31. The van der Waals surface area contributed by atoms with E-state index >= 15 is 0 Å². The smallest absolute Gasteiger partial charge is 0.378 e. The Kier molecular flexibility index (Phi) is 6.69. The van der Waals surface area contributed by atoms with Gasteiger partial charge in [0.05, 0.1) is 17.9 Å². The van der Waals surface area contributed by atoms with Crippen LogP contribution >= 0.6 is 0 Å². The maximum atomic E-state index is 13.0. The fourth-order valence-corrected chi connectivity index (χ4v) is 3.97. The first-order valence-electron chi connectivity index (χ1n) is 10.7. The molecule has 1 N–H and O–H groups in total. The van der Waals surface area contributed by atoms with E-state index < -0.39 is 11.7 Å². The summed E-state index contributed by atoms with van der Waals surface area (Å²) in [5, 5.41) is 0. The van der Waals surface area contributed by atoms with E-state index in [1.165, 1.54) is 12.1 Å². The lowest BCUT2D eigenvalue weighted by atomic mass is 10.0. The highest BCUT2D eigenvalue weighted by molar-refractivity contribution is 5.51. The van der Waals surface area contributed by atoms with Crippen molar-refractivity contribution < 1.29 is 17.9 Å². The summed E-state index contributed by atoms with van der Waals surface area (Å²) >= 11 is 0. The van der Waals surface area contributed by atoms with Gasteiger partial charge < -0.3 is 14.5 Å². The van der Waals surface area contributed by atoms with Crippen LogP contribution in [-0.2, 0) is 23.9 Å². The van der Waals surface area contributed by atoms with Gasteiger partial charge in [-0.05, 0) is 23.8 Å². The summed E-state index contributed by atoms with van der Waals surface area (Å²) in [6.45, 7) is 2.27. The van der Waals surface area contributed by atoms with Gasteiger partial charge in [0.15, 0.2) is 0 Å². The van der Waals surface area contributed by atoms with E-state index in [0.717, 1.165) is 11.6 Å². The van der Waals surface area contributed by atoms with Gasteiger partial charge in [-0.3, -0.25) is 9.78 Å². The van der Waals surface area contributed by atoms with E-state index in [0.29, 0.717) is 55.5 Å². The zero-order valence-corrected chi connectivity index (χ0v) is 18.2. The molecule has 33 heavy (non-hydrogen) atoms. The van der Waals surface area contributed by atoms with E-state index in [9.17, 15) is 18.0 Å². The van der Waals surface area contributed by atoms with Gasteiger partial charge in [0.25, 0.3) is 5.56 Å². The second kappa shape index (κ2) is 9.66. The van der Waals surface area contributed by atoms with E-state index in [-0.39, 0.29) is 12.2 Å². The Morgan fingerprint density at radius 2 is 1.70 bits per heavy atom. The summed E-state index contributed by atoms with van der Waals surface area (Å²) in [5.41, 5.74) is 1.81. The largest absolute Gasteiger partial charge is 0.416 e. The van der Waals surface area contributed by atoms with Crippen LogP contribution in [0.3, 0.4) is 0 Å². The molecule has 0 aliphatic carbocycles. The van der Waals surface area contributed by atoms with Crippen LogP contribution in [0.15, 0.2) is 59.4 Å². The molecule has 9 heteroatoms. The standard InChI is InChI=1S/C24H25F3N4O2/c1-33-16-21-20(14-17-6-3-2-4-7-17)22(32)29-23(28-21)31-12-10-30(11-13-31)19-9-5-8-18(15-19)24(25,26)27/h2-9,15H,10-14,16H2,1H3,(H,28,29,32). The van der Waals surface area contributed by atoms with Gasteiger partial charge in [0.1, 0.15) is 0 Å². The fourth-order valence-electron chi connectivity index (χ4n) is 3.97. The third-order valence-electron chi connectivity index (χ3n) is 5.71. The molecule has 1 saturated heterocycles. The first-order valence-corrected chi connectivity index (χ1v) is 10.7. The Morgan fingerprint density at radius 3 is 2.36 bits per heavy atom. The number of H-pyrrole nitrogens is 1. The molecule has 174 valence electrons. The normalized spacial score (nSPS) is 14.5. The monoisotopic (exact) mass is 458 g/mol. The van der Waals surface area contributed by atoms with Crippen molar-refractivity contribution in [2.45, 2.75) is 19.2 Å². The third-order valence-corrected chi connectivity index (χ3v) is 5.71. The number of hydrogen-bond donors (Lipinski definition) is 1. The number of ether oxygens (including phenoxy) is 1. The lowest BCUT2D eigenvalue weighted by Gasteiger charge is -2.36. The van der Waals surface area contributed by atoms with Gasteiger partial charge in [-0.15, -0.1) is 0 Å². The lowest BCUT2D eigenvalue weighted by Crippen LogP contribution is -2.47. The van der Waals surface area contributed by atoms with Crippen LogP contribution in [0.4, 0.5) is 24.8 Å². The third kappa shape index (κ3) is 5.36. The number of aromatic amines is 1. The molecule has 3 aromatic rings. The van der Waals surface area contributed by atoms with Crippen molar-refractivity contribution >= 4 is 11.6 Å². The van der Waals surface area contributed by atoms with Crippen molar-refractivity contribution in [1.29, 1.82) is 0 Å². The van der Waals surface area contributed by atoms with Gasteiger partial charge >= 0.3 is 6.18 Å². The molecule has 6 nitrogen and oxygen atoms in total. The first kappa shape index (κ1) is 22.8. The number of piperazine rings is 1. The number of aromatic nitrogens is 2. The molecular weight excluding hydrogens is 433 g/mol. The minimum absolute atomic E-state index is 0.212. The molecule has 0 bridgehead atoms. The topological polar surface area (TPSA) is 61.5 Å². The van der Waals surface area contributed by atoms with E-state index in [1.807, 2.05) is 40.1 Å². The molecule has 1 fully saturated rings. The van der Waals surface area contributed by atoms with Gasteiger partial charge in [0, 0.05) is 51.0 Å². The number of nitrogens with one attached hydrogen (secondary N) is 1. The maximum Gasteiger partial charge on any atom is 0.416 e. The lowest BCUT2D eigenvalue weighted by molar-refractivity contribution is -0.137. The zero-order valence-electron chi connectivity index (χ0n) is 18.2. The molecule has 0 radical (unpaired) electrons. The van der Waals surface area contributed by atoms with Crippen LogP contribution in [0.5, 0.6) is 0 Å². The highest BCUT2D eigenvalue weighted by atomic mass is 19.4. The van der Waals surface area contributed by atoms with Crippen LogP contribution in [0, 0.1) is 0 Å². The summed E-state index contributed by atoms with van der Waals surface area (Å²) in [6.07, 6.45) is -3.92. The van der Waals surface area contributed by atoms with Crippen LogP contribution in [0.25, 0.3) is 0 Å². The summed E-state index contributed by atoms with van der Waals surface area (Å²) in [6, 6.07) is 15.0. The summed E-state index contributed by atoms with van der Waals surface area (Å²) in [5.74, 6) is 0.451. The average Bonchev–Trinajstić information content (AvgIpc) is 2.81. The number of halogens is 3. The predicted molar refractivity (Wildman–Crippen MR) is 121 cm³/mol. The van der Waals surface area contributed by atoms with Crippen LogP contribution < -0.4 is 15.4 Å². The van der Waals surface area contributed by atoms with Crippen LogP contribution in [0.2, 0.25) is 0 Å². The van der Waals surface area contributed by atoms with E-state index in [1.54, 1.807) is 13.2 Å². The summed E-state index contributed by atoms with van der Waals surface area (Å²) in [7, 11) is 1.56. The molecule has 0 amide bonds. The number of nitrogens with zero attached hydrogens (tertiary/aromatic N) is 3. The second-order valence-electron chi connectivity index (χ2n) is 7.93. The molecule has 0 atom stereocenters. The molecular formula is C24H25F3N4O2. The Bertz CT molecular complexity index is 1140. The fraction of sp³-hybridized carbons (Fsp3) is 0.333. The molecule has 0 spiro atoms. The Hall–Kier alpha value is -3.33. The summed E-state index contributed by atoms with van der Waals surface area (Å²) in [4.78, 5) is 24.3. The number of methoxy groups -OCH3 is 1. The molecule has 2 aromatic carbocycles. The van der Waals surface area contributed by atoms with Crippen molar-refractivity contribution in [1.82, 2.24) is 9.97 Å². The summed E-state index contributed by atoms with van der Waals surface area (Å²) < 4.78 is 44.4. The Morgan fingerprint density at radius 1 is 1.00 bits per heavy atom. The number of anilines is 2. The van der Waals surface area contributed by atoms with Crippen molar-refractivity contribution in [2.24, 2.45) is 0 Å². The van der Waals surface area contributed by atoms with Crippen molar-refractivity contribution in [3.05, 3.63) is 87.3 Å². The van der Waals surface area contributed by atoms with E-state index in [2.05, 4.69) is 9.97 Å². The van der Waals surface area contributed by atoms with Gasteiger partial charge in [0.2, 0.25) is 5.95 Å². The number of benzene rings is 2. The SMILES string of the molecule is COCc1nc(N2CCN(c3cccc(C(F)(F)F)c3)CC2)[nH]c(=O)c1Cc1ccccc1. The van der Waals surface area contributed by atoms with E-state index in [4.69, 9.17) is 4.74 Å². The first-order chi connectivity index (χ1) is 15.8. The minimum atomic E-state index is -4.37. The molecule has 1 aliphatic rings. The molecule has 2 heterocycles. The van der Waals surface area contributed by atoms with Gasteiger partial charge in [-0.1, -0.05) is 36.4 Å². The Labute approximate surface area is 189 Å². The average molecular weight is 458 g/mol. The minimum Gasteiger partial charge on any atom is -0.378 e. The second-order valence-corrected chi connectivity index (χ2v) is 7.93. The zero-order chi connectivity index (χ0) is 23.4. The quantitative estimate of drug-likeness (QED) is 0.608. The highest BCUT2D eigenvalue weighted by Crippen LogP contribution is 2.32. The van der Waals surface area contributed by atoms with Crippen LogP contribution in [0.1, 0.15) is 22.4 Å². The molecule has 1 aromatic heterocycles. The molecule has 4 rings (SSSR count). The van der Waals surface area contributed by atoms with Gasteiger partial charge in [-0.25, -0.2) is 4.98 Å². The molecule has 0 unspecified atom stereocenters. The molecule has 1 aliphatic heterocycles. The van der Waals surface area contributed by atoms with Crippen molar-refractivity contribution in [3.8, 4) is 0 Å². The number of rotatable bonds is 6. The van der Waals surface area contributed by atoms with Crippen LogP contribution in [-0.4, -0.2) is 43.3 Å². The number of alkyl halides is 3. The molecule has 0 saturated carbocycles. The Balaban J connectivity index is 1.51. The number of hydrogen-bond acceptors (Lipinski definition) is 5. The van der Waals surface area contributed by atoms with Gasteiger partial charge in [-0.2, -0.15) is 13.2 Å². The van der Waals surface area contributed by atoms with Crippen molar-refractivity contribution in [3.63, 3.8) is 0 Å². The van der Waals surface area contributed by atoms with Crippen molar-refractivity contribution in [2.75, 3.05) is 43.1 Å². The maximum absolute atomic E-state index is 13.0. The predicted octanol–water partition coefficient (Wildman–Crippen LogP) is 3.85.